The second kappa shape index (κ2) is 11.8. The van der Waals surface area contributed by atoms with E-state index in [1.807, 2.05) is 7.05 Å². The Morgan fingerprint density at radius 3 is 2.22 bits per heavy atom. The van der Waals surface area contributed by atoms with Crippen molar-refractivity contribution in [3.63, 3.8) is 0 Å². The van der Waals surface area contributed by atoms with Crippen LogP contribution >= 0.6 is 0 Å². The Labute approximate surface area is 140 Å². The largest absolute Gasteiger partial charge is 0.498 e. The van der Waals surface area contributed by atoms with Crippen molar-refractivity contribution in [1.29, 1.82) is 0 Å². The van der Waals surface area contributed by atoms with Gasteiger partial charge in [-0.1, -0.05) is 13.5 Å². The normalized spacial score (nSPS) is 16.6. The van der Waals surface area contributed by atoms with Crippen LogP contribution in [0.5, 0.6) is 0 Å². The van der Waals surface area contributed by atoms with E-state index in [2.05, 4.69) is 18.8 Å². The van der Waals surface area contributed by atoms with Gasteiger partial charge in [-0.15, -0.1) is 0 Å². The summed E-state index contributed by atoms with van der Waals surface area (Å²) in [6.07, 6.45) is 0.937. The average molecular weight is 333 g/mol. The van der Waals surface area contributed by atoms with Crippen LogP contribution in [-0.2, 0) is 19.0 Å². The van der Waals surface area contributed by atoms with Gasteiger partial charge in [0.15, 0.2) is 0 Å². The van der Waals surface area contributed by atoms with Crippen molar-refractivity contribution in [1.82, 2.24) is 5.32 Å². The van der Waals surface area contributed by atoms with Crippen molar-refractivity contribution in [2.75, 3.05) is 60.3 Å². The lowest BCUT2D eigenvalue weighted by atomic mass is 9.86. The van der Waals surface area contributed by atoms with Crippen molar-refractivity contribution in [3.8, 4) is 0 Å². The molecule has 0 aromatic heterocycles. The zero-order chi connectivity index (χ0) is 17.8. The molecule has 0 aromatic rings. The summed E-state index contributed by atoms with van der Waals surface area (Å²) in [7, 11) is 3.63. The van der Waals surface area contributed by atoms with Crippen LogP contribution in [0.1, 0.15) is 20.3 Å². The maximum absolute atomic E-state index is 5.99. The van der Waals surface area contributed by atoms with Gasteiger partial charge < -0.3 is 30.1 Å². The summed E-state index contributed by atoms with van der Waals surface area (Å²) in [5, 5.41) is 3.21. The number of hydrogen-bond donors (Lipinski definition) is 3. The number of rotatable bonds is 15. The zero-order valence-corrected chi connectivity index (χ0v) is 15.2. The van der Waals surface area contributed by atoms with Gasteiger partial charge >= 0.3 is 0 Å². The molecule has 0 amide bonds. The van der Waals surface area contributed by atoms with E-state index in [-0.39, 0.29) is 12.0 Å². The van der Waals surface area contributed by atoms with Crippen molar-refractivity contribution < 1.29 is 19.0 Å². The van der Waals surface area contributed by atoms with Gasteiger partial charge in [0.05, 0.1) is 44.2 Å². The zero-order valence-electron chi connectivity index (χ0n) is 15.2. The quantitative estimate of drug-likeness (QED) is 0.299. The molecule has 0 heterocycles. The molecule has 2 unspecified atom stereocenters. The lowest BCUT2D eigenvalue weighted by Crippen LogP contribution is -2.46. The Morgan fingerprint density at radius 2 is 1.78 bits per heavy atom. The van der Waals surface area contributed by atoms with Gasteiger partial charge in [0.1, 0.15) is 0 Å². The van der Waals surface area contributed by atoms with Gasteiger partial charge in [-0.2, -0.15) is 0 Å². The predicted octanol–water partition coefficient (Wildman–Crippen LogP) is 0.651. The lowest BCUT2D eigenvalue weighted by molar-refractivity contribution is -0.0801. The Hall–Kier alpha value is -0.700. The number of hydrogen-bond acceptors (Lipinski definition) is 7. The highest BCUT2D eigenvalue weighted by Gasteiger charge is 2.34. The second-order valence-corrected chi connectivity index (χ2v) is 6.32. The fourth-order valence-corrected chi connectivity index (χ4v) is 2.39. The third kappa shape index (κ3) is 8.10. The topological polar surface area (TPSA) is 101 Å². The molecule has 138 valence electrons. The standard InChI is InChI=1S/C16H35N3O4/c1-6-15(8-19-4,9-20-5)10-21-11-16(7-17,13-23-18)12-22-14(2)3/h19H,2,6-13,17-18H2,1,3-5H3. The van der Waals surface area contributed by atoms with Gasteiger partial charge in [-0.3, -0.25) is 0 Å². The van der Waals surface area contributed by atoms with Crippen molar-refractivity contribution in [3.05, 3.63) is 12.3 Å². The van der Waals surface area contributed by atoms with E-state index in [4.69, 9.17) is 30.7 Å². The second-order valence-electron chi connectivity index (χ2n) is 6.32. The first-order valence-corrected chi connectivity index (χ1v) is 7.94. The monoisotopic (exact) mass is 333 g/mol. The number of methoxy groups -OCH3 is 1. The van der Waals surface area contributed by atoms with Gasteiger partial charge in [0.25, 0.3) is 0 Å². The highest BCUT2D eigenvalue weighted by atomic mass is 16.6. The van der Waals surface area contributed by atoms with Crippen LogP contribution in [0, 0.1) is 10.8 Å². The molecule has 0 aliphatic heterocycles. The van der Waals surface area contributed by atoms with Gasteiger partial charge in [0.2, 0.25) is 0 Å². The SMILES string of the molecule is C=C(C)OCC(CN)(CON)COCC(CC)(CNC)COC. The van der Waals surface area contributed by atoms with Crippen LogP contribution in [0.4, 0.5) is 0 Å². The number of allylic oxidation sites excluding steroid dienone is 1. The minimum atomic E-state index is -0.500. The molecule has 0 saturated heterocycles. The summed E-state index contributed by atoms with van der Waals surface area (Å²) in [4.78, 5) is 4.83. The van der Waals surface area contributed by atoms with Crippen molar-refractivity contribution in [2.45, 2.75) is 20.3 Å². The Morgan fingerprint density at radius 1 is 1.13 bits per heavy atom. The third-order valence-corrected chi connectivity index (χ3v) is 4.02. The molecular formula is C16H35N3O4. The minimum absolute atomic E-state index is 0.0807. The number of ether oxygens (including phenoxy) is 3. The molecule has 0 aliphatic carbocycles. The molecule has 0 bridgehead atoms. The molecule has 0 radical (unpaired) electrons. The maximum Gasteiger partial charge on any atom is 0.0990 e. The van der Waals surface area contributed by atoms with E-state index < -0.39 is 5.41 Å². The molecule has 7 heteroatoms. The molecule has 0 aliphatic rings. The summed E-state index contributed by atoms with van der Waals surface area (Å²) in [5.41, 5.74) is 5.34. The van der Waals surface area contributed by atoms with Crippen LogP contribution in [0.2, 0.25) is 0 Å². The van der Waals surface area contributed by atoms with Gasteiger partial charge in [0, 0.05) is 25.6 Å². The van der Waals surface area contributed by atoms with Crippen molar-refractivity contribution in [2.24, 2.45) is 22.5 Å². The Bertz CT molecular complexity index is 322. The van der Waals surface area contributed by atoms with Crippen LogP contribution in [0.15, 0.2) is 12.3 Å². The minimum Gasteiger partial charge on any atom is -0.498 e. The van der Waals surface area contributed by atoms with E-state index in [1.165, 1.54) is 0 Å². The fourth-order valence-electron chi connectivity index (χ4n) is 2.39. The van der Waals surface area contributed by atoms with E-state index in [0.29, 0.717) is 38.7 Å². The summed E-state index contributed by atoms with van der Waals surface area (Å²) >= 11 is 0. The summed E-state index contributed by atoms with van der Waals surface area (Å²) in [6.45, 7) is 11.0. The van der Waals surface area contributed by atoms with E-state index in [9.17, 15) is 0 Å². The molecule has 5 N–H and O–H groups in total. The van der Waals surface area contributed by atoms with Gasteiger partial charge in [-0.05, 0) is 20.4 Å². The summed E-state index contributed by atoms with van der Waals surface area (Å²) < 4.78 is 16.9. The molecular weight excluding hydrogens is 298 g/mol. The summed E-state index contributed by atoms with van der Waals surface area (Å²) in [5.74, 6) is 5.88. The molecule has 23 heavy (non-hydrogen) atoms. The van der Waals surface area contributed by atoms with E-state index >= 15 is 0 Å². The molecule has 0 aromatic carbocycles. The number of nitrogens with one attached hydrogen (secondary N) is 1. The first kappa shape index (κ1) is 22.3. The van der Waals surface area contributed by atoms with Gasteiger partial charge in [-0.25, -0.2) is 5.90 Å². The first-order valence-electron chi connectivity index (χ1n) is 7.94. The highest BCUT2D eigenvalue weighted by molar-refractivity contribution is 4.85. The molecule has 7 nitrogen and oxygen atoms in total. The molecule has 0 spiro atoms. The molecule has 0 saturated carbocycles. The molecule has 0 fully saturated rings. The molecule has 2 atom stereocenters. The van der Waals surface area contributed by atoms with E-state index in [0.717, 1.165) is 13.0 Å². The Kier molecular flexibility index (Phi) is 11.4. The number of nitrogens with two attached hydrogens (primary N) is 2. The average Bonchev–Trinajstić information content (AvgIpc) is 2.52. The first-order chi connectivity index (χ1) is 10.9. The van der Waals surface area contributed by atoms with Crippen molar-refractivity contribution >= 4 is 0 Å². The highest BCUT2D eigenvalue weighted by Crippen LogP contribution is 2.25. The van der Waals surface area contributed by atoms with Crippen LogP contribution in [0.3, 0.4) is 0 Å². The molecule has 0 rings (SSSR count). The third-order valence-electron chi connectivity index (χ3n) is 4.02. The fraction of sp³-hybridized carbons (Fsp3) is 0.875. The maximum atomic E-state index is 5.99. The Balaban J connectivity index is 4.77. The lowest BCUT2D eigenvalue weighted by Gasteiger charge is -2.35. The van der Waals surface area contributed by atoms with E-state index in [1.54, 1.807) is 14.0 Å². The predicted molar refractivity (Wildman–Crippen MR) is 91.7 cm³/mol. The van der Waals surface area contributed by atoms with Crippen LogP contribution in [0.25, 0.3) is 0 Å². The smallest absolute Gasteiger partial charge is 0.0990 e. The van der Waals surface area contributed by atoms with Crippen LogP contribution in [-0.4, -0.2) is 60.3 Å². The van der Waals surface area contributed by atoms with Crippen LogP contribution < -0.4 is 16.9 Å². The summed E-state index contributed by atoms with van der Waals surface area (Å²) in [6, 6.07) is 0.